The van der Waals surface area contributed by atoms with Crippen LogP contribution in [-0.4, -0.2) is 66.3 Å². The van der Waals surface area contributed by atoms with E-state index in [2.05, 4.69) is 86.8 Å². The normalized spacial score (nSPS) is 15.1. The zero-order valence-corrected chi connectivity index (χ0v) is 31.3. The Labute approximate surface area is 297 Å². The fraction of sp³-hybridized carbons (Fsp3) is 0.667. The summed E-state index contributed by atoms with van der Waals surface area (Å²) < 4.78 is 33.1. The lowest BCUT2D eigenvalue weighted by Gasteiger charge is -2.20. The molecular weight excluding hydrogens is 643 g/mol. The number of carbonyl (C=O) groups is 1. The van der Waals surface area contributed by atoms with Gasteiger partial charge in [-0.25, -0.2) is 4.57 Å². The molecule has 0 saturated carbocycles. The number of aliphatic hydroxyl groups excluding tert-OH is 2. The molecule has 0 aliphatic rings. The molecule has 10 heteroatoms. The van der Waals surface area contributed by atoms with E-state index in [-0.39, 0.29) is 13.0 Å². The van der Waals surface area contributed by atoms with Crippen LogP contribution in [0.3, 0.4) is 0 Å². The lowest BCUT2D eigenvalue weighted by atomic mass is 10.1. The van der Waals surface area contributed by atoms with Gasteiger partial charge in [-0.15, -0.1) is 0 Å². The molecule has 0 heterocycles. The van der Waals surface area contributed by atoms with Gasteiger partial charge in [-0.05, 0) is 77.0 Å². The van der Waals surface area contributed by atoms with E-state index in [1.165, 1.54) is 6.42 Å². The number of carbonyl (C=O) groups excluding carboxylic acids is 1. The fourth-order valence-corrected chi connectivity index (χ4v) is 5.11. The molecule has 3 atom stereocenters. The number of unbranched alkanes of at least 4 members (excludes halogenated alkanes) is 8. The van der Waals surface area contributed by atoms with Crippen molar-refractivity contribution in [2.24, 2.45) is 0 Å². The topological polar surface area (TPSA) is 132 Å². The number of phosphoric acid groups is 1. The van der Waals surface area contributed by atoms with Crippen molar-refractivity contribution in [2.45, 2.75) is 135 Å². The van der Waals surface area contributed by atoms with E-state index in [0.717, 1.165) is 89.9 Å². The predicted molar refractivity (Wildman–Crippen MR) is 200 cm³/mol. The maximum Gasteiger partial charge on any atom is 0.472 e. The van der Waals surface area contributed by atoms with Gasteiger partial charge < -0.3 is 24.6 Å². The molecule has 49 heavy (non-hydrogen) atoms. The van der Waals surface area contributed by atoms with E-state index in [9.17, 15) is 19.4 Å². The molecule has 0 aliphatic carbocycles. The van der Waals surface area contributed by atoms with E-state index in [0.29, 0.717) is 13.0 Å². The molecule has 3 N–H and O–H groups in total. The predicted octanol–water partition coefficient (Wildman–Crippen LogP) is 9.41. The van der Waals surface area contributed by atoms with Crippen molar-refractivity contribution in [3.05, 3.63) is 72.9 Å². The molecule has 282 valence electrons. The van der Waals surface area contributed by atoms with Crippen molar-refractivity contribution in [3.8, 4) is 0 Å². The van der Waals surface area contributed by atoms with Crippen LogP contribution in [0, 0.1) is 0 Å². The molecule has 0 amide bonds. The van der Waals surface area contributed by atoms with Gasteiger partial charge in [0.05, 0.1) is 26.4 Å². The Bertz CT molecular complexity index is 987. The summed E-state index contributed by atoms with van der Waals surface area (Å²) in [6, 6.07) is 0. The third-order valence-corrected chi connectivity index (χ3v) is 8.06. The van der Waals surface area contributed by atoms with Gasteiger partial charge in [-0.3, -0.25) is 13.8 Å². The van der Waals surface area contributed by atoms with E-state index in [1.807, 2.05) is 0 Å². The van der Waals surface area contributed by atoms with Crippen LogP contribution in [0.4, 0.5) is 0 Å². The lowest BCUT2D eigenvalue weighted by Crippen LogP contribution is -2.29. The minimum absolute atomic E-state index is 0.0121. The van der Waals surface area contributed by atoms with Gasteiger partial charge in [0.2, 0.25) is 0 Å². The van der Waals surface area contributed by atoms with Crippen molar-refractivity contribution in [3.63, 3.8) is 0 Å². The van der Waals surface area contributed by atoms with E-state index in [4.69, 9.17) is 23.6 Å². The van der Waals surface area contributed by atoms with E-state index >= 15 is 0 Å². The molecule has 0 aromatic rings. The second-order valence-corrected chi connectivity index (χ2v) is 13.3. The Morgan fingerprint density at radius 3 is 1.78 bits per heavy atom. The first-order valence-corrected chi connectivity index (χ1v) is 19.9. The van der Waals surface area contributed by atoms with Gasteiger partial charge in [-0.1, -0.05) is 112 Å². The maximum atomic E-state index is 12.5. The zero-order valence-electron chi connectivity index (χ0n) is 30.4. The minimum Gasteiger partial charge on any atom is -0.457 e. The van der Waals surface area contributed by atoms with Gasteiger partial charge in [0, 0.05) is 13.0 Å². The van der Waals surface area contributed by atoms with Crippen molar-refractivity contribution in [1.82, 2.24) is 0 Å². The van der Waals surface area contributed by atoms with Gasteiger partial charge in [0.25, 0.3) is 0 Å². The molecule has 9 nitrogen and oxygen atoms in total. The van der Waals surface area contributed by atoms with Crippen molar-refractivity contribution < 1.29 is 43.0 Å². The molecule has 0 saturated heterocycles. The van der Waals surface area contributed by atoms with Crippen LogP contribution in [0.2, 0.25) is 0 Å². The average molecular weight is 711 g/mol. The Morgan fingerprint density at radius 1 is 0.653 bits per heavy atom. The second-order valence-electron chi connectivity index (χ2n) is 11.9. The summed E-state index contributed by atoms with van der Waals surface area (Å²) in [7, 11) is -4.53. The first-order chi connectivity index (χ1) is 23.8. The molecule has 0 aromatic heterocycles. The van der Waals surface area contributed by atoms with Gasteiger partial charge >= 0.3 is 13.8 Å². The molecule has 0 bridgehead atoms. The van der Waals surface area contributed by atoms with Gasteiger partial charge in [0.15, 0.2) is 0 Å². The van der Waals surface area contributed by atoms with Crippen LogP contribution in [-0.2, 0) is 27.9 Å². The third kappa shape index (κ3) is 35.5. The highest BCUT2D eigenvalue weighted by atomic mass is 31.2. The summed E-state index contributed by atoms with van der Waals surface area (Å²) in [6.45, 7) is 3.17. The lowest BCUT2D eigenvalue weighted by molar-refractivity contribution is -0.154. The Hall–Kier alpha value is -2.10. The molecule has 0 spiro atoms. The highest BCUT2D eigenvalue weighted by molar-refractivity contribution is 7.47. The zero-order chi connectivity index (χ0) is 36.1. The number of ether oxygens (including phenoxy) is 2. The van der Waals surface area contributed by atoms with Crippen molar-refractivity contribution in [1.29, 1.82) is 0 Å². The first kappa shape index (κ1) is 46.9. The molecule has 0 aromatic carbocycles. The smallest absolute Gasteiger partial charge is 0.457 e. The average Bonchev–Trinajstić information content (AvgIpc) is 3.09. The van der Waals surface area contributed by atoms with Crippen LogP contribution < -0.4 is 0 Å². The fourth-order valence-electron chi connectivity index (χ4n) is 4.32. The molecule has 3 unspecified atom stereocenters. The van der Waals surface area contributed by atoms with E-state index in [1.54, 1.807) is 0 Å². The monoisotopic (exact) mass is 710 g/mol. The second kappa shape index (κ2) is 35.7. The molecule has 0 rings (SSSR count). The van der Waals surface area contributed by atoms with Gasteiger partial charge in [0.1, 0.15) is 12.2 Å². The molecule has 0 fully saturated rings. The number of rotatable bonds is 34. The summed E-state index contributed by atoms with van der Waals surface area (Å²) in [6.07, 6.45) is 40.2. The summed E-state index contributed by atoms with van der Waals surface area (Å²) in [5.41, 5.74) is 0. The number of hydrogen-bond acceptors (Lipinski definition) is 8. The third-order valence-electron chi connectivity index (χ3n) is 7.11. The van der Waals surface area contributed by atoms with Crippen LogP contribution in [0.25, 0.3) is 0 Å². The number of aliphatic hydroxyl groups is 2. The molecule has 0 radical (unpaired) electrons. The molecule has 0 aliphatic heterocycles. The first-order valence-electron chi connectivity index (χ1n) is 18.4. The number of allylic oxidation sites excluding steroid dienone is 12. The van der Waals surface area contributed by atoms with Crippen LogP contribution in [0.15, 0.2) is 72.9 Å². The highest BCUT2D eigenvalue weighted by Crippen LogP contribution is 2.43. The largest absolute Gasteiger partial charge is 0.472 e. The van der Waals surface area contributed by atoms with Crippen molar-refractivity contribution in [2.75, 3.05) is 33.0 Å². The Kier molecular flexibility index (Phi) is 34.2. The summed E-state index contributed by atoms with van der Waals surface area (Å²) >= 11 is 0. The molecular formula is C39H67O9P. The van der Waals surface area contributed by atoms with Crippen molar-refractivity contribution >= 4 is 13.8 Å². The maximum absolute atomic E-state index is 12.5. The quantitative estimate of drug-likeness (QED) is 0.0259. The van der Waals surface area contributed by atoms with Gasteiger partial charge in [-0.2, -0.15) is 0 Å². The van der Waals surface area contributed by atoms with Crippen LogP contribution >= 0.6 is 7.82 Å². The minimum atomic E-state index is -4.53. The summed E-state index contributed by atoms with van der Waals surface area (Å²) in [4.78, 5) is 22.4. The van der Waals surface area contributed by atoms with Crippen LogP contribution in [0.5, 0.6) is 0 Å². The summed E-state index contributed by atoms with van der Waals surface area (Å²) in [5.74, 6) is -0.414. The summed E-state index contributed by atoms with van der Waals surface area (Å²) in [5, 5.41) is 18.3. The number of hydrogen-bond donors (Lipinski definition) is 3. The standard InChI is InChI=1S/C39H67O9P/c1-3-5-7-9-11-13-15-16-17-18-19-20-21-22-24-26-28-30-32-45-35-38(36-47-49(43,44)46-34-37(41)33-40)48-39(42)31-29-27-25-23-14-12-10-8-6-4-2/h5,7-8,10-11,13,16-17,19-20,22,24,37-38,40-41H,3-4,6,9,12,14-15,18,21,23,25-36H2,1-2H3,(H,43,44)/b7-5-,10-8-,13-11-,17-16-,20-19-,24-22-. The Morgan fingerprint density at radius 2 is 1.16 bits per heavy atom. The van der Waals surface area contributed by atoms with E-state index < -0.39 is 45.8 Å². The number of phosphoric ester groups is 1. The SMILES string of the molecule is CC/C=C\C/C=C\C/C=C\C/C=C\C/C=C\CCCCOCC(COP(=O)(O)OCC(O)CO)OC(=O)CCCCCCC/C=C\CCC. The van der Waals surface area contributed by atoms with Crippen LogP contribution in [0.1, 0.15) is 123 Å². The highest BCUT2D eigenvalue weighted by Gasteiger charge is 2.26. The Balaban J connectivity index is 4.34. The number of esters is 1.